The smallest absolute Gasteiger partial charge is 0.222 e. The Hall–Kier alpha value is -1.35. The molecule has 106 valence electrons. The molecule has 0 saturated carbocycles. The second kappa shape index (κ2) is 7.95. The first kappa shape index (κ1) is 15.7. The van der Waals surface area contributed by atoms with Crippen molar-refractivity contribution < 1.29 is 4.79 Å². The van der Waals surface area contributed by atoms with Gasteiger partial charge in [0.25, 0.3) is 0 Å². The van der Waals surface area contributed by atoms with Crippen LogP contribution in [-0.4, -0.2) is 23.9 Å². The van der Waals surface area contributed by atoms with Crippen LogP contribution in [0.25, 0.3) is 0 Å². The quantitative estimate of drug-likeness (QED) is 0.821. The summed E-state index contributed by atoms with van der Waals surface area (Å²) in [6.07, 6.45) is 1.23. The van der Waals surface area contributed by atoms with Crippen molar-refractivity contribution in [1.29, 1.82) is 0 Å². The summed E-state index contributed by atoms with van der Waals surface area (Å²) in [6, 6.07) is 9.91. The number of carbonyl (C=O) groups excluding carboxylic acids is 1. The van der Waals surface area contributed by atoms with Crippen LogP contribution in [-0.2, 0) is 4.79 Å². The molecule has 1 aromatic carbocycles. The average Bonchev–Trinajstić information content (AvgIpc) is 2.42. The normalized spacial score (nSPS) is 12.5. The lowest BCUT2D eigenvalue weighted by Gasteiger charge is -2.23. The molecular formula is C16H26N2O. The molecule has 1 atom stereocenters. The highest BCUT2D eigenvalue weighted by Crippen LogP contribution is 2.16. The summed E-state index contributed by atoms with van der Waals surface area (Å²) in [5.41, 5.74) is 7.21. The van der Waals surface area contributed by atoms with E-state index in [0.717, 1.165) is 18.7 Å². The fourth-order valence-electron chi connectivity index (χ4n) is 2.15. The van der Waals surface area contributed by atoms with E-state index in [2.05, 4.69) is 13.8 Å². The third kappa shape index (κ3) is 5.43. The van der Waals surface area contributed by atoms with Gasteiger partial charge in [0.1, 0.15) is 0 Å². The van der Waals surface area contributed by atoms with Gasteiger partial charge in [0, 0.05) is 25.6 Å². The van der Waals surface area contributed by atoms with E-state index in [4.69, 9.17) is 5.73 Å². The molecule has 0 aliphatic heterocycles. The predicted octanol–water partition coefficient (Wildman–Crippen LogP) is 2.97. The Morgan fingerprint density at radius 1 is 1.26 bits per heavy atom. The van der Waals surface area contributed by atoms with Crippen LogP contribution in [0.5, 0.6) is 0 Å². The SMILES string of the molecule is CCN(CC(C)C)C(=O)CCC(N)c1ccccc1. The first-order chi connectivity index (χ1) is 9.04. The van der Waals surface area contributed by atoms with Gasteiger partial charge in [-0.2, -0.15) is 0 Å². The molecule has 19 heavy (non-hydrogen) atoms. The second-order valence-electron chi connectivity index (χ2n) is 5.38. The molecule has 0 aliphatic carbocycles. The third-order valence-corrected chi connectivity index (χ3v) is 3.22. The molecule has 0 aromatic heterocycles. The van der Waals surface area contributed by atoms with Crippen molar-refractivity contribution in [3.8, 4) is 0 Å². The van der Waals surface area contributed by atoms with Gasteiger partial charge in [0.2, 0.25) is 5.91 Å². The molecule has 3 heteroatoms. The first-order valence-corrected chi connectivity index (χ1v) is 7.12. The highest BCUT2D eigenvalue weighted by Gasteiger charge is 2.15. The van der Waals surface area contributed by atoms with Crippen molar-refractivity contribution in [3.63, 3.8) is 0 Å². The van der Waals surface area contributed by atoms with Gasteiger partial charge in [-0.05, 0) is 24.8 Å². The Balaban J connectivity index is 2.45. The Morgan fingerprint density at radius 3 is 2.42 bits per heavy atom. The van der Waals surface area contributed by atoms with Crippen molar-refractivity contribution >= 4 is 5.91 Å². The molecule has 3 nitrogen and oxygen atoms in total. The van der Waals surface area contributed by atoms with Crippen LogP contribution < -0.4 is 5.73 Å². The van der Waals surface area contributed by atoms with Gasteiger partial charge >= 0.3 is 0 Å². The maximum atomic E-state index is 12.1. The predicted molar refractivity (Wildman–Crippen MR) is 79.7 cm³/mol. The summed E-state index contributed by atoms with van der Waals surface area (Å²) in [7, 11) is 0. The van der Waals surface area contributed by atoms with Crippen molar-refractivity contribution in [2.75, 3.05) is 13.1 Å². The average molecular weight is 262 g/mol. The Bertz CT molecular complexity index is 376. The van der Waals surface area contributed by atoms with Gasteiger partial charge in [-0.25, -0.2) is 0 Å². The topological polar surface area (TPSA) is 46.3 Å². The summed E-state index contributed by atoms with van der Waals surface area (Å²) in [6.45, 7) is 7.89. The standard InChI is InChI=1S/C16H26N2O/c1-4-18(12-13(2)3)16(19)11-10-15(17)14-8-6-5-7-9-14/h5-9,13,15H,4,10-12,17H2,1-3H3. The van der Waals surface area contributed by atoms with E-state index in [9.17, 15) is 4.79 Å². The zero-order valence-electron chi connectivity index (χ0n) is 12.3. The van der Waals surface area contributed by atoms with E-state index in [0.29, 0.717) is 18.8 Å². The van der Waals surface area contributed by atoms with E-state index in [1.54, 1.807) is 0 Å². The van der Waals surface area contributed by atoms with Crippen molar-refractivity contribution in [2.24, 2.45) is 11.7 Å². The molecular weight excluding hydrogens is 236 g/mol. The summed E-state index contributed by atoms with van der Waals surface area (Å²) in [5, 5.41) is 0. The summed E-state index contributed by atoms with van der Waals surface area (Å²) >= 11 is 0. The van der Waals surface area contributed by atoms with E-state index < -0.39 is 0 Å². The van der Waals surface area contributed by atoms with Crippen LogP contribution in [0.4, 0.5) is 0 Å². The molecule has 0 spiro atoms. The number of hydrogen-bond donors (Lipinski definition) is 1. The van der Waals surface area contributed by atoms with E-state index >= 15 is 0 Å². The lowest BCUT2D eigenvalue weighted by atomic mass is 10.0. The molecule has 0 radical (unpaired) electrons. The number of hydrogen-bond acceptors (Lipinski definition) is 2. The molecule has 0 bridgehead atoms. The molecule has 0 fully saturated rings. The van der Waals surface area contributed by atoms with Crippen molar-refractivity contribution in [2.45, 2.75) is 39.7 Å². The highest BCUT2D eigenvalue weighted by atomic mass is 16.2. The third-order valence-electron chi connectivity index (χ3n) is 3.22. The molecule has 0 aliphatic rings. The van der Waals surface area contributed by atoms with Crippen LogP contribution in [0.3, 0.4) is 0 Å². The minimum Gasteiger partial charge on any atom is -0.343 e. The summed E-state index contributed by atoms with van der Waals surface area (Å²) in [4.78, 5) is 14.0. The minimum absolute atomic E-state index is 0.0529. The largest absolute Gasteiger partial charge is 0.343 e. The van der Waals surface area contributed by atoms with Crippen LogP contribution in [0.15, 0.2) is 30.3 Å². The van der Waals surface area contributed by atoms with Gasteiger partial charge in [0.15, 0.2) is 0 Å². The van der Waals surface area contributed by atoms with E-state index in [-0.39, 0.29) is 11.9 Å². The number of carbonyl (C=O) groups is 1. The maximum absolute atomic E-state index is 12.1. The monoisotopic (exact) mass is 262 g/mol. The van der Waals surface area contributed by atoms with E-state index in [1.807, 2.05) is 42.2 Å². The molecule has 1 unspecified atom stereocenters. The van der Waals surface area contributed by atoms with Crippen molar-refractivity contribution in [3.05, 3.63) is 35.9 Å². The minimum atomic E-state index is -0.0529. The second-order valence-corrected chi connectivity index (χ2v) is 5.38. The molecule has 0 saturated heterocycles. The van der Waals surface area contributed by atoms with Gasteiger partial charge in [-0.1, -0.05) is 44.2 Å². The number of nitrogens with two attached hydrogens (primary N) is 1. The fraction of sp³-hybridized carbons (Fsp3) is 0.562. The molecule has 1 amide bonds. The Labute approximate surface area is 116 Å². The van der Waals surface area contributed by atoms with Gasteiger partial charge in [0.05, 0.1) is 0 Å². The van der Waals surface area contributed by atoms with Crippen molar-refractivity contribution in [1.82, 2.24) is 4.90 Å². The number of amides is 1. The number of rotatable bonds is 7. The fourth-order valence-corrected chi connectivity index (χ4v) is 2.15. The van der Waals surface area contributed by atoms with Crippen LogP contribution in [0.1, 0.15) is 45.2 Å². The summed E-state index contributed by atoms with van der Waals surface area (Å²) in [5.74, 6) is 0.717. The number of benzene rings is 1. The Morgan fingerprint density at radius 2 is 1.89 bits per heavy atom. The summed E-state index contributed by atoms with van der Waals surface area (Å²) < 4.78 is 0. The zero-order chi connectivity index (χ0) is 14.3. The van der Waals surface area contributed by atoms with Gasteiger partial charge in [-0.15, -0.1) is 0 Å². The van der Waals surface area contributed by atoms with Crippen LogP contribution in [0.2, 0.25) is 0 Å². The van der Waals surface area contributed by atoms with Gasteiger partial charge < -0.3 is 10.6 Å². The molecule has 1 aromatic rings. The molecule has 1 rings (SSSR count). The Kier molecular flexibility index (Phi) is 6.57. The highest BCUT2D eigenvalue weighted by molar-refractivity contribution is 5.76. The van der Waals surface area contributed by atoms with Crippen LogP contribution in [0, 0.1) is 5.92 Å². The lowest BCUT2D eigenvalue weighted by molar-refractivity contribution is -0.131. The van der Waals surface area contributed by atoms with Gasteiger partial charge in [-0.3, -0.25) is 4.79 Å². The maximum Gasteiger partial charge on any atom is 0.222 e. The molecule has 2 N–H and O–H groups in total. The number of nitrogens with zero attached hydrogens (tertiary/aromatic N) is 1. The lowest BCUT2D eigenvalue weighted by Crippen LogP contribution is -2.34. The zero-order valence-corrected chi connectivity index (χ0v) is 12.3. The van der Waals surface area contributed by atoms with Crippen LogP contribution >= 0.6 is 0 Å². The first-order valence-electron chi connectivity index (χ1n) is 7.12. The van der Waals surface area contributed by atoms with E-state index in [1.165, 1.54) is 0 Å². The molecule has 0 heterocycles.